The number of benzene rings is 2. The van der Waals surface area contributed by atoms with Crippen LogP contribution in [-0.4, -0.2) is 43.2 Å². The minimum Gasteiger partial charge on any atom is -0.493 e. The highest BCUT2D eigenvalue weighted by Crippen LogP contribution is 2.29. The average molecular weight is 472 g/mol. The number of amides is 1. The van der Waals surface area contributed by atoms with E-state index in [9.17, 15) is 19.7 Å². The molecule has 1 aliphatic carbocycles. The van der Waals surface area contributed by atoms with Gasteiger partial charge in [0.1, 0.15) is 6.10 Å². The van der Waals surface area contributed by atoms with Gasteiger partial charge in [-0.25, -0.2) is 0 Å². The van der Waals surface area contributed by atoms with Gasteiger partial charge in [-0.1, -0.05) is 6.07 Å². The molecule has 2 aromatic rings. The molecule has 0 aromatic heterocycles. The summed E-state index contributed by atoms with van der Waals surface area (Å²) in [6.07, 6.45) is 2.83. The van der Waals surface area contributed by atoms with Crippen LogP contribution in [0.4, 0.5) is 11.4 Å². The van der Waals surface area contributed by atoms with Crippen molar-refractivity contribution in [3.63, 3.8) is 0 Å². The van der Waals surface area contributed by atoms with Gasteiger partial charge in [-0.15, -0.1) is 0 Å². The molecule has 10 nitrogen and oxygen atoms in total. The summed E-state index contributed by atoms with van der Waals surface area (Å²) in [5.74, 6) is 0.386. The second kappa shape index (κ2) is 11.4. The predicted molar refractivity (Wildman–Crippen MR) is 125 cm³/mol. The van der Waals surface area contributed by atoms with Crippen LogP contribution in [-0.2, 0) is 16.1 Å². The molecule has 182 valence electrons. The van der Waals surface area contributed by atoms with E-state index < -0.39 is 10.8 Å². The Labute approximate surface area is 197 Å². The zero-order chi connectivity index (χ0) is 24.7. The highest BCUT2D eigenvalue weighted by Gasteiger charge is 2.25. The number of nitrogens with one attached hydrogen (secondary N) is 2. The zero-order valence-electron chi connectivity index (χ0n) is 19.5. The maximum absolute atomic E-state index is 13.0. The normalized spacial score (nSPS) is 17.4. The highest BCUT2D eigenvalue weighted by molar-refractivity contribution is 6.00. The quantitative estimate of drug-likeness (QED) is 0.321. The number of hydrogen-bond donors (Lipinski definition) is 2. The molecule has 0 unspecified atom stereocenters. The zero-order valence-corrected chi connectivity index (χ0v) is 19.5. The SMILES string of the molecule is COc1ccc(CNC(=O)c2cc([N+](=O)[O-])ccc2NC2CCC(OC(C)=O)CC2)cc1OC. The van der Waals surface area contributed by atoms with Crippen molar-refractivity contribution in [3.05, 3.63) is 57.6 Å². The molecule has 1 fully saturated rings. The number of non-ortho nitro benzene ring substituents is 1. The van der Waals surface area contributed by atoms with Crippen LogP contribution in [0.3, 0.4) is 0 Å². The number of anilines is 1. The standard InChI is InChI=1S/C24H29N3O7/c1-15(28)34-19-8-5-17(6-9-19)26-21-10-7-18(27(30)31)13-20(21)24(29)25-14-16-4-11-22(32-2)23(12-16)33-3/h4,7,10-13,17,19,26H,5-6,8-9,14H2,1-3H3,(H,25,29). The molecule has 1 saturated carbocycles. The van der Waals surface area contributed by atoms with Crippen molar-refractivity contribution in [1.29, 1.82) is 0 Å². The minimum absolute atomic E-state index is 0.0608. The number of nitro benzene ring substituents is 1. The summed E-state index contributed by atoms with van der Waals surface area (Å²) >= 11 is 0. The van der Waals surface area contributed by atoms with Crippen LogP contribution < -0.4 is 20.1 Å². The van der Waals surface area contributed by atoms with Gasteiger partial charge in [-0.3, -0.25) is 19.7 Å². The van der Waals surface area contributed by atoms with Gasteiger partial charge in [-0.2, -0.15) is 0 Å². The predicted octanol–water partition coefficient (Wildman–Crippen LogP) is 3.83. The number of nitro groups is 1. The first-order valence-corrected chi connectivity index (χ1v) is 11.0. The number of ether oxygens (including phenoxy) is 3. The minimum atomic E-state index is -0.529. The Morgan fingerprint density at radius 3 is 2.35 bits per heavy atom. The molecule has 10 heteroatoms. The summed E-state index contributed by atoms with van der Waals surface area (Å²) in [4.78, 5) is 35.0. The van der Waals surface area contributed by atoms with E-state index in [4.69, 9.17) is 14.2 Å². The third-order valence-corrected chi connectivity index (χ3v) is 5.73. The third-order valence-electron chi connectivity index (χ3n) is 5.73. The van der Waals surface area contributed by atoms with Crippen LogP contribution in [0, 0.1) is 10.1 Å². The van der Waals surface area contributed by atoms with E-state index in [1.54, 1.807) is 31.4 Å². The molecular formula is C24H29N3O7. The number of nitrogens with zero attached hydrogens (tertiary/aromatic N) is 1. The summed E-state index contributed by atoms with van der Waals surface area (Å²) in [5, 5.41) is 17.5. The lowest BCUT2D eigenvalue weighted by Crippen LogP contribution is -2.32. The van der Waals surface area contributed by atoms with Crippen molar-refractivity contribution in [3.8, 4) is 11.5 Å². The number of carbonyl (C=O) groups excluding carboxylic acids is 2. The van der Waals surface area contributed by atoms with Crippen LogP contribution in [0.15, 0.2) is 36.4 Å². The fourth-order valence-electron chi connectivity index (χ4n) is 4.01. The molecule has 0 spiro atoms. The summed E-state index contributed by atoms with van der Waals surface area (Å²) in [5.41, 5.74) is 1.33. The molecule has 1 amide bonds. The van der Waals surface area contributed by atoms with Gasteiger partial charge in [-0.05, 0) is 49.4 Å². The highest BCUT2D eigenvalue weighted by atomic mass is 16.6. The number of hydrogen-bond acceptors (Lipinski definition) is 8. The molecule has 0 heterocycles. The number of rotatable bonds is 9. The topological polar surface area (TPSA) is 129 Å². The first-order valence-electron chi connectivity index (χ1n) is 11.0. The second-order valence-corrected chi connectivity index (χ2v) is 8.09. The van der Waals surface area contributed by atoms with E-state index in [2.05, 4.69) is 10.6 Å². The maximum atomic E-state index is 13.0. The number of methoxy groups -OCH3 is 2. The van der Waals surface area contributed by atoms with E-state index >= 15 is 0 Å². The van der Waals surface area contributed by atoms with Crippen LogP contribution in [0.25, 0.3) is 0 Å². The summed E-state index contributed by atoms with van der Waals surface area (Å²) in [6, 6.07) is 9.57. The Morgan fingerprint density at radius 2 is 1.74 bits per heavy atom. The van der Waals surface area contributed by atoms with Gasteiger partial charge in [0, 0.05) is 37.3 Å². The summed E-state index contributed by atoms with van der Waals surface area (Å²) in [6.45, 7) is 1.60. The van der Waals surface area contributed by atoms with Crippen molar-refractivity contribution in [1.82, 2.24) is 5.32 Å². The van der Waals surface area contributed by atoms with Gasteiger partial charge in [0.2, 0.25) is 0 Å². The van der Waals surface area contributed by atoms with Crippen molar-refractivity contribution in [2.24, 2.45) is 0 Å². The van der Waals surface area contributed by atoms with E-state index in [1.807, 2.05) is 0 Å². The molecule has 2 N–H and O–H groups in total. The molecule has 0 radical (unpaired) electrons. The van der Waals surface area contributed by atoms with Crippen LogP contribution in [0.1, 0.15) is 48.5 Å². The van der Waals surface area contributed by atoms with Gasteiger partial charge < -0.3 is 24.8 Å². The van der Waals surface area contributed by atoms with Crippen molar-refractivity contribution < 1.29 is 28.7 Å². The molecule has 0 atom stereocenters. The van der Waals surface area contributed by atoms with E-state index in [-0.39, 0.29) is 35.9 Å². The second-order valence-electron chi connectivity index (χ2n) is 8.09. The van der Waals surface area contributed by atoms with Crippen LogP contribution in [0.5, 0.6) is 11.5 Å². The van der Waals surface area contributed by atoms with Crippen molar-refractivity contribution in [2.45, 2.75) is 51.3 Å². The lowest BCUT2D eigenvalue weighted by Gasteiger charge is -2.29. The lowest BCUT2D eigenvalue weighted by atomic mass is 9.92. The lowest BCUT2D eigenvalue weighted by molar-refractivity contribution is -0.384. The van der Waals surface area contributed by atoms with Gasteiger partial charge in [0.15, 0.2) is 11.5 Å². The largest absolute Gasteiger partial charge is 0.493 e. The van der Waals surface area contributed by atoms with Crippen LogP contribution in [0.2, 0.25) is 0 Å². The number of carbonyl (C=O) groups is 2. The van der Waals surface area contributed by atoms with Gasteiger partial charge >= 0.3 is 5.97 Å². The fourth-order valence-corrected chi connectivity index (χ4v) is 4.01. The monoisotopic (exact) mass is 471 g/mol. The van der Waals surface area contributed by atoms with E-state index in [1.165, 1.54) is 26.2 Å². The molecule has 3 rings (SSSR count). The summed E-state index contributed by atoms with van der Waals surface area (Å²) in [7, 11) is 3.07. The molecule has 1 aliphatic rings. The Balaban J connectivity index is 1.72. The maximum Gasteiger partial charge on any atom is 0.302 e. The smallest absolute Gasteiger partial charge is 0.302 e. The first-order chi connectivity index (χ1) is 16.3. The molecule has 34 heavy (non-hydrogen) atoms. The Morgan fingerprint density at radius 1 is 1.03 bits per heavy atom. The van der Waals surface area contributed by atoms with E-state index in [0.717, 1.165) is 18.4 Å². The van der Waals surface area contributed by atoms with Crippen molar-refractivity contribution in [2.75, 3.05) is 19.5 Å². The van der Waals surface area contributed by atoms with Crippen LogP contribution >= 0.6 is 0 Å². The molecule has 2 aromatic carbocycles. The van der Waals surface area contributed by atoms with Gasteiger partial charge in [0.25, 0.3) is 11.6 Å². The average Bonchev–Trinajstić information content (AvgIpc) is 2.83. The first kappa shape index (κ1) is 24.8. The molecular weight excluding hydrogens is 442 g/mol. The number of esters is 1. The molecule has 0 saturated heterocycles. The van der Waals surface area contributed by atoms with E-state index in [0.29, 0.717) is 30.0 Å². The van der Waals surface area contributed by atoms with Crippen molar-refractivity contribution >= 4 is 23.3 Å². The van der Waals surface area contributed by atoms with Gasteiger partial charge in [0.05, 0.1) is 24.7 Å². The Hall–Kier alpha value is -3.82. The molecule has 0 bridgehead atoms. The Bertz CT molecular complexity index is 1050. The molecule has 0 aliphatic heterocycles. The Kier molecular flexibility index (Phi) is 8.29. The summed E-state index contributed by atoms with van der Waals surface area (Å²) < 4.78 is 15.8. The third kappa shape index (κ3) is 6.37. The fraction of sp³-hybridized carbons (Fsp3) is 0.417.